The lowest BCUT2D eigenvalue weighted by Gasteiger charge is -2.48. The van der Waals surface area contributed by atoms with Gasteiger partial charge in [-0.05, 0) is 5.53 Å². The van der Waals surface area contributed by atoms with E-state index in [9.17, 15) is 14.4 Å². The Morgan fingerprint density at radius 2 is 2.30 bits per heavy atom. The Morgan fingerprint density at radius 1 is 1.57 bits per heavy atom. The quantitative estimate of drug-likeness (QED) is 0.179. The predicted molar refractivity (Wildman–Crippen MR) is 80.8 cm³/mol. The summed E-state index contributed by atoms with van der Waals surface area (Å²) in [5.74, 6) is -1.32. The van der Waals surface area contributed by atoms with Crippen LogP contribution in [0.2, 0.25) is 0 Å². The third-order valence-corrected chi connectivity index (χ3v) is 4.50. The molecular weight excluding hydrogens is 324 g/mol. The van der Waals surface area contributed by atoms with Crippen molar-refractivity contribution in [2.75, 3.05) is 19.0 Å². The van der Waals surface area contributed by atoms with Crippen LogP contribution in [-0.2, 0) is 23.9 Å². The number of esters is 2. The van der Waals surface area contributed by atoms with E-state index in [1.807, 2.05) is 0 Å². The first-order valence-corrected chi connectivity index (χ1v) is 7.68. The van der Waals surface area contributed by atoms with E-state index in [1.54, 1.807) is 0 Å². The molecule has 0 saturated carbocycles. The van der Waals surface area contributed by atoms with Crippen molar-refractivity contribution in [2.24, 2.45) is 5.11 Å². The van der Waals surface area contributed by atoms with Crippen LogP contribution in [0.5, 0.6) is 0 Å². The van der Waals surface area contributed by atoms with Crippen LogP contribution in [0.4, 0.5) is 0 Å². The van der Waals surface area contributed by atoms with Crippen molar-refractivity contribution in [3.63, 3.8) is 0 Å². The summed E-state index contributed by atoms with van der Waals surface area (Å²) in [6, 6.07) is -0.845. The van der Waals surface area contributed by atoms with E-state index in [-0.39, 0.29) is 18.9 Å². The van der Waals surface area contributed by atoms with Gasteiger partial charge >= 0.3 is 11.9 Å². The highest BCUT2D eigenvalue weighted by atomic mass is 32.2. The monoisotopic (exact) mass is 338 g/mol. The van der Waals surface area contributed by atoms with Gasteiger partial charge in [0.1, 0.15) is 30.3 Å². The van der Waals surface area contributed by atoms with E-state index in [0.29, 0.717) is 11.3 Å². The van der Waals surface area contributed by atoms with Gasteiger partial charge in [0.25, 0.3) is 0 Å². The van der Waals surface area contributed by atoms with Crippen LogP contribution in [0, 0.1) is 0 Å². The molecule has 2 aliphatic heterocycles. The third-order valence-electron chi connectivity index (χ3n) is 3.17. The molecule has 2 atom stereocenters. The SMILES string of the molecule is C=CCOC(=O)C1=C(COC(C)=O)CS[C@@H]2[C@@H](N=[N+]=[N-])C(=O)N12. The summed E-state index contributed by atoms with van der Waals surface area (Å²) >= 11 is 1.33. The van der Waals surface area contributed by atoms with Crippen molar-refractivity contribution < 1.29 is 23.9 Å². The van der Waals surface area contributed by atoms with Gasteiger partial charge in [-0.15, -0.1) is 11.8 Å². The number of amides is 1. The number of ether oxygens (including phenoxy) is 2. The number of rotatable bonds is 6. The van der Waals surface area contributed by atoms with Gasteiger partial charge in [0.2, 0.25) is 5.91 Å². The largest absolute Gasteiger partial charge is 0.461 e. The molecule has 23 heavy (non-hydrogen) atoms. The lowest BCUT2D eigenvalue weighted by Crippen LogP contribution is -2.64. The van der Waals surface area contributed by atoms with Crippen molar-refractivity contribution in [1.82, 2.24) is 4.90 Å². The lowest BCUT2D eigenvalue weighted by atomic mass is 10.0. The van der Waals surface area contributed by atoms with Crippen LogP contribution in [0.3, 0.4) is 0 Å². The van der Waals surface area contributed by atoms with Crippen molar-refractivity contribution in [3.05, 3.63) is 34.4 Å². The van der Waals surface area contributed by atoms with E-state index in [1.165, 1.54) is 29.7 Å². The number of carbonyl (C=O) groups excluding carboxylic acids is 3. The highest BCUT2D eigenvalue weighted by Gasteiger charge is 2.53. The first-order chi connectivity index (χ1) is 11.0. The summed E-state index contributed by atoms with van der Waals surface area (Å²) in [6.45, 7) is 4.59. The predicted octanol–water partition coefficient (Wildman–Crippen LogP) is 1.13. The molecule has 1 amide bonds. The van der Waals surface area contributed by atoms with Crippen LogP contribution in [0.1, 0.15) is 6.92 Å². The zero-order valence-corrected chi connectivity index (χ0v) is 13.1. The van der Waals surface area contributed by atoms with Gasteiger partial charge < -0.3 is 9.47 Å². The van der Waals surface area contributed by atoms with E-state index >= 15 is 0 Å². The minimum atomic E-state index is -0.845. The van der Waals surface area contributed by atoms with Crippen LogP contribution in [0.25, 0.3) is 10.4 Å². The van der Waals surface area contributed by atoms with Crippen molar-refractivity contribution >= 4 is 29.6 Å². The number of hydrogen-bond donors (Lipinski definition) is 0. The second kappa shape index (κ2) is 7.21. The molecule has 1 fully saturated rings. The maximum absolute atomic E-state index is 12.2. The molecule has 0 aromatic carbocycles. The molecule has 0 aromatic heterocycles. The highest BCUT2D eigenvalue weighted by molar-refractivity contribution is 8.00. The number of fused-ring (bicyclic) bond motifs is 1. The Hall–Kier alpha value is -2.45. The van der Waals surface area contributed by atoms with Crippen LogP contribution < -0.4 is 0 Å². The number of β-lactam (4-membered cyclic amide) rings is 1. The fourth-order valence-electron chi connectivity index (χ4n) is 2.18. The van der Waals surface area contributed by atoms with Crippen molar-refractivity contribution in [2.45, 2.75) is 18.3 Å². The maximum Gasteiger partial charge on any atom is 0.355 e. The van der Waals surface area contributed by atoms with E-state index in [0.717, 1.165) is 0 Å². The Morgan fingerprint density at radius 3 is 2.91 bits per heavy atom. The average Bonchev–Trinajstić information content (AvgIpc) is 2.54. The summed E-state index contributed by atoms with van der Waals surface area (Å²) in [6.07, 6.45) is 1.40. The van der Waals surface area contributed by atoms with Crippen molar-refractivity contribution in [3.8, 4) is 0 Å². The zero-order valence-electron chi connectivity index (χ0n) is 12.3. The molecule has 122 valence electrons. The molecule has 0 unspecified atom stereocenters. The first-order valence-electron chi connectivity index (χ1n) is 6.63. The second-order valence-corrected chi connectivity index (χ2v) is 5.78. The van der Waals surface area contributed by atoms with E-state index < -0.39 is 29.3 Å². The molecule has 0 aliphatic carbocycles. The second-order valence-electron chi connectivity index (χ2n) is 4.68. The Labute approximate surface area is 135 Å². The minimum Gasteiger partial charge on any atom is -0.461 e. The summed E-state index contributed by atoms with van der Waals surface area (Å²) in [5, 5.41) is 2.99. The van der Waals surface area contributed by atoms with Gasteiger partial charge in [0.05, 0.1) is 0 Å². The topological polar surface area (TPSA) is 122 Å². The van der Waals surface area contributed by atoms with Gasteiger partial charge in [0, 0.05) is 23.2 Å². The van der Waals surface area contributed by atoms with Crippen LogP contribution in [0.15, 0.2) is 29.0 Å². The number of azide groups is 1. The Balaban J connectivity index is 2.29. The number of thioether (sulfide) groups is 1. The molecule has 0 N–H and O–H groups in total. The fourth-order valence-corrected chi connectivity index (χ4v) is 3.49. The van der Waals surface area contributed by atoms with Gasteiger partial charge in [-0.1, -0.05) is 17.8 Å². The number of carbonyl (C=O) groups is 3. The smallest absolute Gasteiger partial charge is 0.355 e. The van der Waals surface area contributed by atoms with E-state index in [4.69, 9.17) is 15.0 Å². The van der Waals surface area contributed by atoms with E-state index in [2.05, 4.69) is 16.6 Å². The summed E-state index contributed by atoms with van der Waals surface area (Å²) in [4.78, 5) is 39.2. The molecule has 0 radical (unpaired) electrons. The summed E-state index contributed by atoms with van der Waals surface area (Å²) < 4.78 is 9.93. The highest BCUT2D eigenvalue weighted by Crippen LogP contribution is 2.42. The molecule has 0 bridgehead atoms. The van der Waals surface area contributed by atoms with Gasteiger partial charge in [-0.3, -0.25) is 14.5 Å². The van der Waals surface area contributed by atoms with Gasteiger partial charge in [-0.2, -0.15) is 0 Å². The number of hydrogen-bond acceptors (Lipinski definition) is 7. The molecule has 0 aromatic rings. The average molecular weight is 338 g/mol. The Kier molecular flexibility index (Phi) is 5.30. The van der Waals surface area contributed by atoms with Crippen LogP contribution in [-0.4, -0.2) is 53.1 Å². The molecule has 0 spiro atoms. The maximum atomic E-state index is 12.2. The van der Waals surface area contributed by atoms with Gasteiger partial charge in [0.15, 0.2) is 0 Å². The summed E-state index contributed by atoms with van der Waals surface area (Å²) in [7, 11) is 0. The lowest BCUT2D eigenvalue weighted by molar-refractivity contribution is -0.150. The molecule has 9 nitrogen and oxygen atoms in total. The summed E-state index contributed by atoms with van der Waals surface area (Å²) in [5.41, 5.74) is 9.03. The molecular formula is C13H14N4O5S. The minimum absolute atomic E-state index is 0.0111. The molecule has 2 aliphatic rings. The standard InChI is InChI=1S/C13H14N4O5S/c1-3-4-21-13(20)10-8(5-22-7(2)18)6-23-12-9(15-16-14)11(19)17(10)12/h3,9,12H,1,4-6H2,2H3/t9-,12+/m0/s1. The normalized spacial score (nSPS) is 22.5. The molecule has 2 heterocycles. The van der Waals surface area contributed by atoms with Crippen molar-refractivity contribution in [1.29, 1.82) is 0 Å². The molecule has 2 rings (SSSR count). The van der Waals surface area contributed by atoms with Crippen LogP contribution >= 0.6 is 11.8 Å². The third kappa shape index (κ3) is 3.33. The fraction of sp³-hybridized carbons (Fsp3) is 0.462. The first kappa shape index (κ1) is 16.9. The molecule has 10 heteroatoms. The van der Waals surface area contributed by atoms with Gasteiger partial charge in [-0.25, -0.2) is 4.79 Å². The molecule has 1 saturated heterocycles. The zero-order chi connectivity index (χ0) is 17.0. The number of nitrogens with zero attached hydrogens (tertiary/aromatic N) is 4. The Bertz CT molecular complexity index is 640.